The number of amides is 2. The maximum atomic E-state index is 13.2. The van der Waals surface area contributed by atoms with E-state index in [-0.39, 0.29) is 24.4 Å². The first-order chi connectivity index (χ1) is 13.6. The van der Waals surface area contributed by atoms with E-state index in [1.165, 1.54) is 0 Å². The Labute approximate surface area is 166 Å². The molecular weight excluding hydrogens is 354 g/mol. The van der Waals surface area contributed by atoms with Crippen LogP contribution in [0.4, 0.5) is 5.69 Å². The summed E-state index contributed by atoms with van der Waals surface area (Å²) in [5, 5.41) is 0. The zero-order valence-electron chi connectivity index (χ0n) is 16.7. The highest BCUT2D eigenvalue weighted by Crippen LogP contribution is 2.31. The molecule has 3 rings (SSSR count). The number of carbonyl (C=O) groups is 2. The molecule has 1 fully saturated rings. The predicted molar refractivity (Wildman–Crippen MR) is 109 cm³/mol. The van der Waals surface area contributed by atoms with Crippen LogP contribution in [0.5, 0.6) is 5.75 Å². The first-order valence-electron chi connectivity index (χ1n) is 9.71. The molecule has 1 aromatic heterocycles. The van der Waals surface area contributed by atoms with E-state index < -0.39 is 0 Å². The number of carbonyl (C=O) groups excluding carboxylic acids is 2. The summed E-state index contributed by atoms with van der Waals surface area (Å²) in [4.78, 5) is 33.7. The first kappa shape index (κ1) is 19.9. The van der Waals surface area contributed by atoms with Crippen LogP contribution in [0, 0.1) is 6.92 Å². The molecule has 28 heavy (non-hydrogen) atoms. The van der Waals surface area contributed by atoms with Gasteiger partial charge in [0, 0.05) is 18.9 Å². The molecule has 1 aliphatic heterocycles. The number of hydrogen-bond acceptors (Lipinski definition) is 4. The molecule has 148 valence electrons. The van der Waals surface area contributed by atoms with Crippen LogP contribution in [0.25, 0.3) is 0 Å². The number of benzene rings is 1. The number of piperazine rings is 1. The minimum atomic E-state index is -0.125. The highest BCUT2D eigenvalue weighted by atomic mass is 16.5. The van der Waals surface area contributed by atoms with Crippen molar-refractivity contribution in [1.82, 2.24) is 9.88 Å². The number of nitrogens with zero attached hydrogens (tertiary/aromatic N) is 3. The summed E-state index contributed by atoms with van der Waals surface area (Å²) in [7, 11) is 1.60. The number of pyridine rings is 1. The molecule has 2 amide bonds. The summed E-state index contributed by atoms with van der Waals surface area (Å²) in [6, 6.07) is 9.28. The number of para-hydroxylation sites is 2. The van der Waals surface area contributed by atoms with E-state index in [4.69, 9.17) is 4.74 Å². The lowest BCUT2D eigenvalue weighted by Crippen LogP contribution is -2.58. The average Bonchev–Trinajstić information content (AvgIpc) is 2.72. The van der Waals surface area contributed by atoms with Gasteiger partial charge in [0.1, 0.15) is 12.3 Å². The number of anilines is 1. The third-order valence-electron chi connectivity index (χ3n) is 5.24. The maximum Gasteiger partial charge on any atom is 0.256 e. The number of methoxy groups -OCH3 is 1. The summed E-state index contributed by atoms with van der Waals surface area (Å²) in [5.74, 6) is 0.430. The van der Waals surface area contributed by atoms with Crippen LogP contribution in [0.3, 0.4) is 0 Å². The molecule has 1 unspecified atom stereocenters. The fraction of sp³-hybridized carbons (Fsp3) is 0.409. The molecule has 2 aromatic rings. The number of hydrogen-bond donors (Lipinski definition) is 0. The Hall–Kier alpha value is -2.89. The molecule has 0 radical (unpaired) electrons. The van der Waals surface area contributed by atoms with Crippen molar-refractivity contribution in [2.75, 3.05) is 25.1 Å². The third-order valence-corrected chi connectivity index (χ3v) is 5.24. The van der Waals surface area contributed by atoms with Gasteiger partial charge in [-0.15, -0.1) is 0 Å². The zero-order chi connectivity index (χ0) is 20.1. The van der Waals surface area contributed by atoms with Gasteiger partial charge in [0.05, 0.1) is 24.4 Å². The molecule has 2 heterocycles. The zero-order valence-corrected chi connectivity index (χ0v) is 16.7. The lowest BCUT2D eigenvalue weighted by Gasteiger charge is -2.41. The molecular formula is C22H27N3O3. The van der Waals surface area contributed by atoms with Crippen molar-refractivity contribution in [3.8, 4) is 5.75 Å². The van der Waals surface area contributed by atoms with Gasteiger partial charge in [-0.2, -0.15) is 0 Å². The fourth-order valence-corrected chi connectivity index (χ4v) is 3.62. The Balaban J connectivity index is 1.90. The van der Waals surface area contributed by atoms with Crippen molar-refractivity contribution in [1.29, 1.82) is 0 Å². The van der Waals surface area contributed by atoms with Gasteiger partial charge in [0.15, 0.2) is 0 Å². The average molecular weight is 381 g/mol. The van der Waals surface area contributed by atoms with Crippen LogP contribution in [0.15, 0.2) is 42.7 Å². The van der Waals surface area contributed by atoms with Gasteiger partial charge in [-0.1, -0.05) is 31.9 Å². The number of rotatable bonds is 6. The van der Waals surface area contributed by atoms with E-state index >= 15 is 0 Å². The van der Waals surface area contributed by atoms with Crippen LogP contribution < -0.4 is 9.64 Å². The van der Waals surface area contributed by atoms with Gasteiger partial charge in [-0.25, -0.2) is 0 Å². The third kappa shape index (κ3) is 4.01. The second kappa shape index (κ2) is 8.87. The summed E-state index contributed by atoms with van der Waals surface area (Å²) in [6.07, 6.45) is 6.14. The monoisotopic (exact) mass is 381 g/mol. The van der Waals surface area contributed by atoms with Gasteiger partial charge in [0.25, 0.3) is 5.91 Å². The van der Waals surface area contributed by atoms with Crippen LogP contribution in [-0.2, 0) is 4.79 Å². The number of aromatic nitrogens is 1. The van der Waals surface area contributed by atoms with Crippen LogP contribution >= 0.6 is 0 Å². The van der Waals surface area contributed by atoms with Crippen LogP contribution in [0.1, 0.15) is 42.1 Å². The number of ether oxygens (including phenoxy) is 1. The van der Waals surface area contributed by atoms with Crippen LogP contribution in [-0.4, -0.2) is 47.9 Å². The van der Waals surface area contributed by atoms with Crippen LogP contribution in [0.2, 0.25) is 0 Å². The normalized spacial score (nSPS) is 17.0. The number of unbranched alkanes of at least 4 members (excludes halogenated alkanes) is 1. The minimum absolute atomic E-state index is 0.0466. The van der Waals surface area contributed by atoms with Crippen molar-refractivity contribution in [2.45, 2.75) is 39.2 Å². The van der Waals surface area contributed by atoms with Gasteiger partial charge in [-0.05, 0) is 37.1 Å². The standard InChI is InChI=1S/C22H27N3O3/c1-4-5-8-17-14-25(19-9-6-7-10-20(19)28-3)21(26)15-24(17)22(27)18-13-23-12-11-16(18)2/h6-7,9-13,17H,4-5,8,14-15H2,1-3H3. The first-order valence-corrected chi connectivity index (χ1v) is 9.71. The van der Waals surface area contributed by atoms with Crippen molar-refractivity contribution >= 4 is 17.5 Å². The Kier molecular flexibility index (Phi) is 6.29. The van der Waals surface area contributed by atoms with E-state index in [0.717, 1.165) is 30.5 Å². The van der Waals surface area contributed by atoms with E-state index in [0.29, 0.717) is 17.9 Å². The van der Waals surface area contributed by atoms with Gasteiger partial charge in [-0.3, -0.25) is 14.6 Å². The Morgan fingerprint density at radius 1 is 1.29 bits per heavy atom. The Morgan fingerprint density at radius 3 is 2.79 bits per heavy atom. The second-order valence-corrected chi connectivity index (χ2v) is 7.10. The molecule has 6 heteroatoms. The topological polar surface area (TPSA) is 62.7 Å². The largest absolute Gasteiger partial charge is 0.495 e. The predicted octanol–water partition coefficient (Wildman–Crippen LogP) is 3.45. The van der Waals surface area contributed by atoms with Crippen molar-refractivity contribution in [3.63, 3.8) is 0 Å². The Morgan fingerprint density at radius 2 is 2.07 bits per heavy atom. The molecule has 1 saturated heterocycles. The molecule has 0 spiro atoms. The lowest BCUT2D eigenvalue weighted by molar-refractivity contribution is -0.121. The van der Waals surface area contributed by atoms with E-state index in [2.05, 4.69) is 11.9 Å². The number of aryl methyl sites for hydroxylation is 1. The summed E-state index contributed by atoms with van der Waals surface area (Å²) in [5.41, 5.74) is 2.18. The lowest BCUT2D eigenvalue weighted by atomic mass is 10.0. The molecule has 1 aliphatic rings. The Bertz CT molecular complexity index is 852. The smallest absolute Gasteiger partial charge is 0.256 e. The fourth-order valence-electron chi connectivity index (χ4n) is 3.62. The summed E-state index contributed by atoms with van der Waals surface area (Å²) in [6.45, 7) is 4.54. The molecule has 0 N–H and O–H groups in total. The van der Waals surface area contributed by atoms with Gasteiger partial charge < -0.3 is 14.5 Å². The second-order valence-electron chi connectivity index (χ2n) is 7.10. The molecule has 6 nitrogen and oxygen atoms in total. The summed E-state index contributed by atoms with van der Waals surface area (Å²) < 4.78 is 5.44. The minimum Gasteiger partial charge on any atom is -0.495 e. The summed E-state index contributed by atoms with van der Waals surface area (Å²) >= 11 is 0. The van der Waals surface area contributed by atoms with E-state index in [1.807, 2.05) is 37.3 Å². The van der Waals surface area contributed by atoms with Gasteiger partial charge >= 0.3 is 0 Å². The molecule has 1 atom stereocenters. The highest BCUT2D eigenvalue weighted by molar-refractivity contribution is 6.03. The van der Waals surface area contributed by atoms with E-state index in [9.17, 15) is 9.59 Å². The maximum absolute atomic E-state index is 13.2. The quantitative estimate of drug-likeness (QED) is 0.769. The van der Waals surface area contributed by atoms with E-state index in [1.54, 1.807) is 29.3 Å². The van der Waals surface area contributed by atoms with Crippen molar-refractivity contribution in [2.24, 2.45) is 0 Å². The molecule has 0 aliphatic carbocycles. The van der Waals surface area contributed by atoms with Gasteiger partial charge in [0.2, 0.25) is 5.91 Å². The molecule has 0 bridgehead atoms. The molecule has 1 aromatic carbocycles. The molecule has 0 saturated carbocycles. The SMILES string of the molecule is CCCCC1CN(c2ccccc2OC)C(=O)CN1C(=O)c1cnccc1C. The highest BCUT2D eigenvalue weighted by Gasteiger charge is 2.36. The van der Waals surface area contributed by atoms with Crippen molar-refractivity contribution in [3.05, 3.63) is 53.9 Å². The van der Waals surface area contributed by atoms with Crippen molar-refractivity contribution < 1.29 is 14.3 Å².